The van der Waals surface area contributed by atoms with Gasteiger partial charge in [0.25, 0.3) is 0 Å². The third kappa shape index (κ3) is 7.04. The molecular weight excluding hydrogens is 411 g/mol. The van der Waals surface area contributed by atoms with Crippen molar-refractivity contribution in [3.8, 4) is 0 Å². The number of hydrogen-bond acceptors (Lipinski definition) is 4. The van der Waals surface area contributed by atoms with E-state index in [0.717, 1.165) is 22.4 Å². The lowest BCUT2D eigenvalue weighted by atomic mass is 10.2. The average molecular weight is 431 g/mol. The van der Waals surface area contributed by atoms with Crippen molar-refractivity contribution in [1.29, 1.82) is 0 Å². The maximum absolute atomic E-state index is 13.3. The Bertz CT molecular complexity index is 879. The van der Waals surface area contributed by atoms with Crippen molar-refractivity contribution >= 4 is 45.0 Å². The zero-order valence-corrected chi connectivity index (χ0v) is 17.1. The number of hydrogen-bond donors (Lipinski definition) is 1. The van der Waals surface area contributed by atoms with Gasteiger partial charge in [0, 0.05) is 18.1 Å². The smallest absolute Gasteiger partial charge is 0.240 e. The number of rotatable bonds is 9. The fourth-order valence-electron chi connectivity index (χ4n) is 2.25. The van der Waals surface area contributed by atoms with E-state index in [2.05, 4.69) is 5.32 Å². The van der Waals surface area contributed by atoms with Crippen LogP contribution >= 0.6 is 23.4 Å². The van der Waals surface area contributed by atoms with Crippen molar-refractivity contribution in [1.82, 2.24) is 5.32 Å². The van der Waals surface area contributed by atoms with Crippen molar-refractivity contribution < 1.29 is 17.6 Å². The molecule has 0 aliphatic heterocycles. The van der Waals surface area contributed by atoms with Crippen LogP contribution in [0.2, 0.25) is 5.02 Å². The molecule has 0 radical (unpaired) electrons. The third-order valence-electron chi connectivity index (χ3n) is 3.56. The predicted octanol–water partition coefficient (Wildman–Crippen LogP) is 3.29. The van der Waals surface area contributed by atoms with E-state index in [1.807, 2.05) is 30.3 Å². The largest absolute Gasteiger partial charge is 0.354 e. The van der Waals surface area contributed by atoms with Crippen LogP contribution in [0, 0.1) is 5.82 Å². The topological polar surface area (TPSA) is 66.5 Å². The lowest BCUT2D eigenvalue weighted by Crippen LogP contribution is -2.41. The van der Waals surface area contributed by atoms with E-state index in [0.29, 0.717) is 12.3 Å². The van der Waals surface area contributed by atoms with Gasteiger partial charge in [-0.1, -0.05) is 41.9 Å². The van der Waals surface area contributed by atoms with Gasteiger partial charge in [-0.2, -0.15) is 11.8 Å². The van der Waals surface area contributed by atoms with Crippen molar-refractivity contribution in [2.24, 2.45) is 0 Å². The second kappa shape index (κ2) is 9.96. The minimum atomic E-state index is -3.73. The normalized spacial score (nSPS) is 11.2. The van der Waals surface area contributed by atoms with Gasteiger partial charge in [0.2, 0.25) is 15.9 Å². The highest BCUT2D eigenvalue weighted by Gasteiger charge is 2.21. The Morgan fingerprint density at radius 1 is 1.22 bits per heavy atom. The molecule has 0 unspecified atom stereocenters. The average Bonchev–Trinajstić information content (AvgIpc) is 2.62. The summed E-state index contributed by atoms with van der Waals surface area (Å²) in [7, 11) is -3.73. The first-order chi connectivity index (χ1) is 12.8. The van der Waals surface area contributed by atoms with E-state index < -0.39 is 28.3 Å². The van der Waals surface area contributed by atoms with Crippen LogP contribution in [0.15, 0.2) is 48.5 Å². The van der Waals surface area contributed by atoms with Crippen LogP contribution in [-0.2, 0) is 20.6 Å². The molecule has 1 N–H and O–H groups in total. The number of thioether (sulfide) groups is 1. The van der Waals surface area contributed by atoms with Crippen molar-refractivity contribution in [2.45, 2.75) is 5.75 Å². The Hall–Kier alpha value is -1.77. The Labute approximate surface area is 168 Å². The van der Waals surface area contributed by atoms with Gasteiger partial charge in [0.05, 0.1) is 17.0 Å². The van der Waals surface area contributed by atoms with Gasteiger partial charge in [0.15, 0.2) is 0 Å². The molecule has 0 aromatic heterocycles. The van der Waals surface area contributed by atoms with Crippen LogP contribution in [-0.4, -0.2) is 39.4 Å². The van der Waals surface area contributed by atoms with Crippen LogP contribution in [0.5, 0.6) is 0 Å². The van der Waals surface area contributed by atoms with Gasteiger partial charge in [-0.25, -0.2) is 12.8 Å². The predicted molar refractivity (Wildman–Crippen MR) is 109 cm³/mol. The number of sulfonamides is 1. The minimum absolute atomic E-state index is 0.137. The molecule has 1 amide bonds. The van der Waals surface area contributed by atoms with E-state index in [1.165, 1.54) is 17.7 Å². The Morgan fingerprint density at radius 3 is 2.56 bits per heavy atom. The maximum Gasteiger partial charge on any atom is 0.240 e. The van der Waals surface area contributed by atoms with Gasteiger partial charge >= 0.3 is 0 Å². The molecule has 0 heterocycles. The Balaban J connectivity index is 1.86. The lowest BCUT2D eigenvalue weighted by Gasteiger charge is -2.22. The molecule has 0 bridgehead atoms. The summed E-state index contributed by atoms with van der Waals surface area (Å²) in [6.07, 6.45) is 0.979. The summed E-state index contributed by atoms with van der Waals surface area (Å²) in [6, 6.07) is 13.5. The molecule has 9 heteroatoms. The van der Waals surface area contributed by atoms with Crippen molar-refractivity contribution in [2.75, 3.05) is 29.4 Å². The molecule has 0 saturated carbocycles. The highest BCUT2D eigenvalue weighted by atomic mass is 35.5. The van der Waals surface area contributed by atoms with E-state index >= 15 is 0 Å². The lowest BCUT2D eigenvalue weighted by molar-refractivity contribution is -0.119. The molecule has 5 nitrogen and oxygen atoms in total. The summed E-state index contributed by atoms with van der Waals surface area (Å²) >= 11 is 7.38. The van der Waals surface area contributed by atoms with Crippen LogP contribution in [0.4, 0.5) is 10.1 Å². The molecule has 0 aliphatic rings. The highest BCUT2D eigenvalue weighted by Crippen LogP contribution is 2.24. The van der Waals surface area contributed by atoms with Crippen molar-refractivity contribution in [3.05, 3.63) is 64.9 Å². The highest BCUT2D eigenvalue weighted by molar-refractivity contribution is 7.98. The summed E-state index contributed by atoms with van der Waals surface area (Å²) in [6.45, 7) is 0.0161. The second-order valence-electron chi connectivity index (χ2n) is 5.76. The molecular formula is C18H20ClFN2O3S2. The number of nitrogens with zero attached hydrogens (tertiary/aromatic N) is 1. The Morgan fingerprint density at radius 2 is 1.93 bits per heavy atom. The summed E-state index contributed by atoms with van der Waals surface area (Å²) in [5.41, 5.74) is 1.34. The fraction of sp³-hybridized carbons (Fsp3) is 0.278. The van der Waals surface area contributed by atoms with E-state index in [4.69, 9.17) is 11.6 Å². The van der Waals surface area contributed by atoms with Gasteiger partial charge in [0.1, 0.15) is 12.4 Å². The quantitative estimate of drug-likeness (QED) is 0.620. The molecule has 146 valence electrons. The van der Waals surface area contributed by atoms with E-state index in [-0.39, 0.29) is 10.7 Å². The summed E-state index contributed by atoms with van der Waals surface area (Å²) in [5, 5.41) is 2.48. The molecule has 0 fully saturated rings. The second-order valence-corrected chi connectivity index (χ2v) is 9.18. The molecule has 0 saturated heterocycles. The maximum atomic E-state index is 13.3. The molecule has 0 aliphatic carbocycles. The number of nitrogens with one attached hydrogen (secondary N) is 1. The monoisotopic (exact) mass is 430 g/mol. The van der Waals surface area contributed by atoms with E-state index in [1.54, 1.807) is 11.8 Å². The first-order valence-corrected chi connectivity index (χ1v) is 11.5. The van der Waals surface area contributed by atoms with Crippen LogP contribution in [0.25, 0.3) is 0 Å². The molecule has 2 aromatic carbocycles. The molecule has 0 spiro atoms. The number of anilines is 1. The molecule has 27 heavy (non-hydrogen) atoms. The molecule has 0 atom stereocenters. The third-order valence-corrected chi connectivity index (χ3v) is 6.02. The van der Waals surface area contributed by atoms with Gasteiger partial charge in [-0.3, -0.25) is 9.10 Å². The molecule has 2 aromatic rings. The van der Waals surface area contributed by atoms with Crippen LogP contribution in [0.1, 0.15) is 5.56 Å². The van der Waals surface area contributed by atoms with Crippen LogP contribution < -0.4 is 9.62 Å². The first kappa shape index (κ1) is 21.5. The molecule has 2 rings (SSSR count). The standard InChI is InChI=1S/C18H20ClFN2O3S2/c1-27(24,25)22(15-7-8-17(20)16(19)11-15)12-18(23)21-9-10-26-13-14-5-3-2-4-6-14/h2-8,11H,9-10,12-13H2,1H3,(H,21,23). The number of benzene rings is 2. The van der Waals surface area contributed by atoms with E-state index in [9.17, 15) is 17.6 Å². The van der Waals surface area contributed by atoms with Crippen molar-refractivity contribution in [3.63, 3.8) is 0 Å². The summed E-state index contributed by atoms with van der Waals surface area (Å²) in [4.78, 5) is 12.1. The summed E-state index contributed by atoms with van der Waals surface area (Å²) in [5.74, 6) is 0.428. The number of carbonyl (C=O) groups is 1. The fourth-order valence-corrected chi connectivity index (χ4v) is 4.10. The zero-order chi connectivity index (χ0) is 19.9. The first-order valence-electron chi connectivity index (χ1n) is 8.08. The van der Waals surface area contributed by atoms with Gasteiger partial charge in [-0.05, 0) is 23.8 Å². The Kier molecular flexibility index (Phi) is 7.94. The summed E-state index contributed by atoms with van der Waals surface area (Å²) < 4.78 is 38.2. The SMILES string of the molecule is CS(=O)(=O)N(CC(=O)NCCSCc1ccccc1)c1ccc(F)c(Cl)c1. The number of amides is 1. The zero-order valence-electron chi connectivity index (χ0n) is 14.7. The van der Waals surface area contributed by atoms with Gasteiger partial charge < -0.3 is 5.32 Å². The van der Waals surface area contributed by atoms with Gasteiger partial charge in [-0.15, -0.1) is 0 Å². The van der Waals surface area contributed by atoms with Crippen LogP contribution in [0.3, 0.4) is 0 Å². The number of halogens is 2. The minimum Gasteiger partial charge on any atom is -0.354 e. The number of carbonyl (C=O) groups excluding carboxylic acids is 1.